The average Bonchev–Trinajstić information content (AvgIpc) is 2.14. The zero-order valence-electron chi connectivity index (χ0n) is 11.1. The molecular formula is C13H22ClFN2. The largest absolute Gasteiger partial charge is 0.308 e. The first-order valence-electron chi connectivity index (χ1n) is 5.24. The highest BCUT2D eigenvalue weighted by molar-refractivity contribution is 6.30. The second kappa shape index (κ2) is 11.7. The average molecular weight is 261 g/mol. The molecule has 0 amide bonds. The van der Waals surface area contributed by atoms with Gasteiger partial charge in [0, 0.05) is 18.1 Å². The Hall–Kier alpha value is -0.820. The smallest absolute Gasteiger partial charge is 0.115 e. The molecule has 0 aliphatic rings. The van der Waals surface area contributed by atoms with Crippen LogP contribution in [0, 0.1) is 12.3 Å². The van der Waals surface area contributed by atoms with Crippen molar-refractivity contribution in [1.29, 1.82) is 0 Å². The van der Waals surface area contributed by atoms with Crippen LogP contribution < -0.4 is 0 Å². The normalized spacial score (nSPS) is 10.9. The molecule has 0 aromatic carbocycles. The first-order valence-corrected chi connectivity index (χ1v) is 5.62. The van der Waals surface area contributed by atoms with Gasteiger partial charge < -0.3 is 4.90 Å². The number of halogens is 2. The van der Waals surface area contributed by atoms with Gasteiger partial charge in [0.2, 0.25) is 0 Å². The first kappa shape index (κ1) is 18.5. The fourth-order valence-electron chi connectivity index (χ4n) is 0.923. The minimum Gasteiger partial charge on any atom is -0.308 e. The van der Waals surface area contributed by atoms with E-state index >= 15 is 0 Å². The molecule has 0 fully saturated rings. The molecule has 0 N–H and O–H groups in total. The predicted octanol–water partition coefficient (Wildman–Crippen LogP) is 2.73. The van der Waals surface area contributed by atoms with Gasteiger partial charge >= 0.3 is 0 Å². The first-order chi connectivity index (χ1) is 7.83. The van der Waals surface area contributed by atoms with Crippen molar-refractivity contribution in [3.8, 4) is 12.3 Å². The summed E-state index contributed by atoms with van der Waals surface area (Å²) in [6, 6.07) is 0. The molecule has 98 valence electrons. The molecule has 0 aliphatic carbocycles. The SMILES string of the molecule is C#CC.C=C(Cl)/C=C(/F)CN(C)CCN(C)C. The second-order valence-corrected chi connectivity index (χ2v) is 4.35. The number of allylic oxidation sites excluding steroid dienone is 2. The summed E-state index contributed by atoms with van der Waals surface area (Å²) in [6.45, 7) is 7.06. The summed E-state index contributed by atoms with van der Waals surface area (Å²) in [7, 11) is 5.84. The molecule has 0 saturated heterocycles. The van der Waals surface area contributed by atoms with Crippen LogP contribution in [0.1, 0.15) is 6.92 Å². The van der Waals surface area contributed by atoms with E-state index < -0.39 is 0 Å². The molecule has 0 atom stereocenters. The van der Waals surface area contributed by atoms with Crippen LogP contribution in [0.25, 0.3) is 0 Å². The Bertz CT molecular complexity index is 280. The fourth-order valence-corrected chi connectivity index (χ4v) is 1.04. The van der Waals surface area contributed by atoms with Crippen LogP contribution in [0.4, 0.5) is 4.39 Å². The van der Waals surface area contributed by atoms with Crippen LogP contribution in [0.2, 0.25) is 0 Å². The maximum absolute atomic E-state index is 13.1. The van der Waals surface area contributed by atoms with E-state index in [1.165, 1.54) is 6.08 Å². The lowest BCUT2D eigenvalue weighted by Gasteiger charge is -2.18. The highest BCUT2D eigenvalue weighted by atomic mass is 35.5. The molecule has 4 heteroatoms. The molecule has 0 rings (SSSR count). The van der Waals surface area contributed by atoms with Gasteiger partial charge in [-0.05, 0) is 34.1 Å². The van der Waals surface area contributed by atoms with Crippen LogP contribution >= 0.6 is 11.6 Å². The summed E-state index contributed by atoms with van der Waals surface area (Å²) in [5.74, 6) is 1.99. The van der Waals surface area contributed by atoms with Gasteiger partial charge in [0.25, 0.3) is 0 Å². The molecule has 0 unspecified atom stereocenters. The summed E-state index contributed by atoms with van der Waals surface area (Å²) < 4.78 is 13.1. The summed E-state index contributed by atoms with van der Waals surface area (Å²) in [5.41, 5.74) is 0. The van der Waals surface area contributed by atoms with Crippen molar-refractivity contribution >= 4 is 11.6 Å². The zero-order chi connectivity index (χ0) is 13.8. The molecule has 0 saturated carbocycles. The van der Waals surface area contributed by atoms with Crippen molar-refractivity contribution in [2.24, 2.45) is 0 Å². The number of hydrogen-bond donors (Lipinski definition) is 0. The Kier molecular flexibility index (Phi) is 12.7. The molecule has 0 bridgehead atoms. The van der Waals surface area contributed by atoms with Gasteiger partial charge in [0.05, 0.1) is 6.54 Å². The Labute approximate surface area is 110 Å². The van der Waals surface area contributed by atoms with Crippen molar-refractivity contribution in [2.75, 3.05) is 40.8 Å². The number of nitrogens with zero attached hydrogens (tertiary/aromatic N) is 2. The van der Waals surface area contributed by atoms with E-state index in [2.05, 4.69) is 23.8 Å². The van der Waals surface area contributed by atoms with Crippen molar-refractivity contribution in [1.82, 2.24) is 9.80 Å². The van der Waals surface area contributed by atoms with Crippen molar-refractivity contribution in [2.45, 2.75) is 6.92 Å². The van der Waals surface area contributed by atoms with E-state index in [-0.39, 0.29) is 17.4 Å². The highest BCUT2D eigenvalue weighted by Crippen LogP contribution is 2.06. The maximum Gasteiger partial charge on any atom is 0.115 e. The number of rotatable bonds is 6. The molecular weight excluding hydrogens is 239 g/mol. The minimum atomic E-state index is -0.258. The molecule has 0 heterocycles. The Balaban J connectivity index is 0. The lowest BCUT2D eigenvalue weighted by atomic mass is 10.4. The topological polar surface area (TPSA) is 6.48 Å². The van der Waals surface area contributed by atoms with Gasteiger partial charge in [-0.2, -0.15) is 0 Å². The van der Waals surface area contributed by atoms with E-state index in [1.54, 1.807) is 6.92 Å². The Morgan fingerprint density at radius 1 is 1.41 bits per heavy atom. The summed E-state index contributed by atoms with van der Waals surface area (Å²) in [4.78, 5) is 3.95. The highest BCUT2D eigenvalue weighted by Gasteiger charge is 2.02. The summed E-state index contributed by atoms with van der Waals surface area (Å²) in [5, 5.41) is 0.225. The van der Waals surface area contributed by atoms with E-state index in [9.17, 15) is 4.39 Å². The van der Waals surface area contributed by atoms with Gasteiger partial charge in [0.1, 0.15) is 5.83 Å². The maximum atomic E-state index is 13.1. The quantitative estimate of drug-likeness (QED) is 0.535. The molecule has 0 radical (unpaired) electrons. The van der Waals surface area contributed by atoms with Crippen LogP contribution in [0.5, 0.6) is 0 Å². The molecule has 0 spiro atoms. The van der Waals surface area contributed by atoms with E-state index in [0.717, 1.165) is 13.1 Å². The number of terminal acetylenes is 1. The van der Waals surface area contributed by atoms with Gasteiger partial charge in [-0.1, -0.05) is 18.2 Å². The van der Waals surface area contributed by atoms with Crippen molar-refractivity contribution in [3.05, 3.63) is 23.5 Å². The fraction of sp³-hybridized carbons (Fsp3) is 0.538. The van der Waals surface area contributed by atoms with Gasteiger partial charge in [-0.25, -0.2) is 4.39 Å². The molecule has 0 aromatic rings. The lowest BCUT2D eigenvalue weighted by Crippen LogP contribution is -2.29. The third kappa shape index (κ3) is 17.8. The van der Waals surface area contributed by atoms with Crippen LogP contribution in [0.15, 0.2) is 23.5 Å². The predicted molar refractivity (Wildman–Crippen MR) is 74.7 cm³/mol. The van der Waals surface area contributed by atoms with Crippen LogP contribution in [-0.2, 0) is 0 Å². The van der Waals surface area contributed by atoms with Gasteiger partial charge in [-0.3, -0.25) is 4.90 Å². The van der Waals surface area contributed by atoms with E-state index in [0.29, 0.717) is 0 Å². The third-order valence-electron chi connectivity index (χ3n) is 1.66. The van der Waals surface area contributed by atoms with E-state index in [1.807, 2.05) is 26.0 Å². The van der Waals surface area contributed by atoms with Crippen molar-refractivity contribution in [3.63, 3.8) is 0 Å². The standard InChI is InChI=1S/C10H18ClFN2.C3H4/c1-9(11)7-10(12)8-14(4)6-5-13(2)3;1-3-2/h7H,1,5-6,8H2,2-4H3;1H,2H3/b10-7+;. The third-order valence-corrected chi connectivity index (χ3v) is 1.77. The summed E-state index contributed by atoms with van der Waals surface area (Å²) in [6.07, 6.45) is 5.84. The molecule has 2 nitrogen and oxygen atoms in total. The van der Waals surface area contributed by atoms with Crippen molar-refractivity contribution < 1.29 is 4.39 Å². The molecule has 0 aromatic heterocycles. The Morgan fingerprint density at radius 2 is 1.88 bits per heavy atom. The monoisotopic (exact) mass is 260 g/mol. The minimum absolute atomic E-state index is 0.225. The second-order valence-electron chi connectivity index (χ2n) is 3.87. The number of hydrogen-bond acceptors (Lipinski definition) is 2. The van der Waals surface area contributed by atoms with E-state index in [4.69, 9.17) is 11.6 Å². The number of likely N-dealkylation sites (N-methyl/N-ethyl adjacent to an activating group) is 2. The van der Waals surface area contributed by atoms with Gasteiger partial charge in [0.15, 0.2) is 0 Å². The zero-order valence-corrected chi connectivity index (χ0v) is 11.9. The Morgan fingerprint density at radius 3 is 2.24 bits per heavy atom. The molecule has 0 aliphatic heterocycles. The molecule has 17 heavy (non-hydrogen) atoms. The lowest BCUT2D eigenvalue weighted by molar-refractivity contribution is 0.284. The van der Waals surface area contributed by atoms with Gasteiger partial charge in [-0.15, -0.1) is 12.3 Å². The van der Waals surface area contributed by atoms with Crippen LogP contribution in [0.3, 0.4) is 0 Å². The van der Waals surface area contributed by atoms with Crippen LogP contribution in [-0.4, -0.2) is 50.6 Å². The summed E-state index contributed by atoms with van der Waals surface area (Å²) >= 11 is 5.45.